The highest BCUT2D eigenvalue weighted by Gasteiger charge is 2.26. The maximum absolute atomic E-state index is 13.0. The van der Waals surface area contributed by atoms with Crippen molar-refractivity contribution in [1.82, 2.24) is 20.5 Å². The third-order valence-corrected chi connectivity index (χ3v) is 5.09. The van der Waals surface area contributed by atoms with E-state index in [-0.39, 0.29) is 24.5 Å². The lowest BCUT2D eigenvalue weighted by molar-refractivity contribution is -0.124. The molecule has 2 aromatic rings. The number of nitrogens with zero attached hydrogens (tertiary/aromatic N) is 2. The molecule has 0 aliphatic carbocycles. The molecular weight excluding hydrogens is 368 g/mol. The molecule has 0 bridgehead atoms. The van der Waals surface area contributed by atoms with Crippen molar-refractivity contribution < 1.29 is 14.7 Å². The number of nitrogens with one attached hydrogen (secondary N) is 2. The molecule has 3 rings (SSSR count). The number of pyridine rings is 1. The topological polar surface area (TPSA) is 94.6 Å². The molecule has 1 aliphatic rings. The second-order valence-electron chi connectivity index (χ2n) is 7.33. The summed E-state index contributed by atoms with van der Waals surface area (Å²) in [6.07, 6.45) is 5.61. The number of carbonyl (C=O) groups is 2. The number of hydrogen-bond donors (Lipinski definition) is 3. The molecule has 2 amide bonds. The van der Waals surface area contributed by atoms with Gasteiger partial charge in [0.25, 0.3) is 5.91 Å². The van der Waals surface area contributed by atoms with Gasteiger partial charge in [0.2, 0.25) is 5.91 Å². The summed E-state index contributed by atoms with van der Waals surface area (Å²) in [5.41, 5.74) is 1.40. The standard InChI is InChI=1S/C22H28N4O3/c27-13-12-26-11-5-9-19(16-26)24-22(29)20(14-17-6-4-10-23-15-17)25-21(28)18-7-2-1-3-8-18/h1-4,6-8,10,15,19-20,27H,5,9,11-14,16H2,(H,24,29)(H,25,28)/t19-,20?/m1/s1. The van der Waals surface area contributed by atoms with Crippen LogP contribution in [0.4, 0.5) is 0 Å². The zero-order chi connectivity index (χ0) is 20.5. The Labute approximate surface area is 171 Å². The summed E-state index contributed by atoms with van der Waals surface area (Å²) in [5.74, 6) is -0.478. The van der Waals surface area contributed by atoms with Gasteiger partial charge in [0.1, 0.15) is 6.04 Å². The Hall–Kier alpha value is -2.77. The maximum atomic E-state index is 13.0. The first-order valence-electron chi connectivity index (χ1n) is 10.0. The molecule has 1 fully saturated rings. The van der Waals surface area contributed by atoms with Crippen LogP contribution in [0.3, 0.4) is 0 Å². The first-order valence-corrected chi connectivity index (χ1v) is 10.0. The van der Waals surface area contributed by atoms with E-state index in [1.165, 1.54) is 0 Å². The second-order valence-corrected chi connectivity index (χ2v) is 7.33. The van der Waals surface area contributed by atoms with Gasteiger partial charge in [-0.25, -0.2) is 0 Å². The molecule has 2 heterocycles. The Morgan fingerprint density at radius 1 is 1.21 bits per heavy atom. The van der Waals surface area contributed by atoms with Crippen LogP contribution in [0.15, 0.2) is 54.9 Å². The number of rotatable bonds is 8. The minimum atomic E-state index is -0.694. The molecule has 0 saturated carbocycles. The van der Waals surface area contributed by atoms with Crippen LogP contribution in [-0.4, -0.2) is 65.1 Å². The average Bonchev–Trinajstić information content (AvgIpc) is 2.75. The molecule has 3 N–H and O–H groups in total. The second kappa shape index (κ2) is 10.7. The predicted octanol–water partition coefficient (Wildman–Crippen LogP) is 0.996. The fourth-order valence-electron chi connectivity index (χ4n) is 3.61. The summed E-state index contributed by atoms with van der Waals surface area (Å²) < 4.78 is 0. The van der Waals surface area contributed by atoms with Gasteiger partial charge in [-0.3, -0.25) is 19.5 Å². The third-order valence-electron chi connectivity index (χ3n) is 5.09. The van der Waals surface area contributed by atoms with Crippen LogP contribution in [0, 0.1) is 0 Å². The molecule has 2 atom stereocenters. The van der Waals surface area contributed by atoms with Crippen LogP contribution in [-0.2, 0) is 11.2 Å². The van der Waals surface area contributed by atoms with Crippen molar-refractivity contribution in [3.8, 4) is 0 Å². The summed E-state index contributed by atoms with van der Waals surface area (Å²) in [5, 5.41) is 15.1. The summed E-state index contributed by atoms with van der Waals surface area (Å²) >= 11 is 0. The fourth-order valence-corrected chi connectivity index (χ4v) is 3.61. The van der Waals surface area contributed by atoms with Crippen LogP contribution in [0.5, 0.6) is 0 Å². The number of amides is 2. The quantitative estimate of drug-likeness (QED) is 0.619. The van der Waals surface area contributed by atoms with Crippen LogP contribution in [0.25, 0.3) is 0 Å². The van der Waals surface area contributed by atoms with E-state index >= 15 is 0 Å². The maximum Gasteiger partial charge on any atom is 0.251 e. The molecular formula is C22H28N4O3. The SMILES string of the molecule is O=C(NC(Cc1cccnc1)C(=O)N[C@@H]1CCCN(CCO)C1)c1ccccc1. The third kappa shape index (κ3) is 6.37. The minimum absolute atomic E-state index is 0.00725. The lowest BCUT2D eigenvalue weighted by atomic mass is 10.0. The number of hydrogen-bond acceptors (Lipinski definition) is 5. The van der Waals surface area contributed by atoms with E-state index < -0.39 is 6.04 Å². The number of likely N-dealkylation sites (tertiary alicyclic amines) is 1. The molecule has 1 unspecified atom stereocenters. The molecule has 1 aliphatic heterocycles. The van der Waals surface area contributed by atoms with Gasteiger partial charge in [0, 0.05) is 43.5 Å². The minimum Gasteiger partial charge on any atom is -0.395 e. The van der Waals surface area contributed by atoms with Gasteiger partial charge in [0.05, 0.1) is 6.61 Å². The molecule has 1 aromatic heterocycles. The Balaban J connectivity index is 1.68. The van der Waals surface area contributed by atoms with Crippen LogP contribution in [0.2, 0.25) is 0 Å². The molecule has 154 valence electrons. The Morgan fingerprint density at radius 3 is 2.76 bits per heavy atom. The van der Waals surface area contributed by atoms with E-state index in [4.69, 9.17) is 5.11 Å². The number of piperidine rings is 1. The highest BCUT2D eigenvalue weighted by molar-refractivity contribution is 5.97. The van der Waals surface area contributed by atoms with Crippen LogP contribution >= 0.6 is 0 Å². The fraction of sp³-hybridized carbons (Fsp3) is 0.409. The van der Waals surface area contributed by atoms with E-state index in [0.29, 0.717) is 25.1 Å². The first kappa shape index (κ1) is 21.0. The van der Waals surface area contributed by atoms with Gasteiger partial charge in [-0.15, -0.1) is 0 Å². The van der Waals surface area contributed by atoms with Crippen molar-refractivity contribution in [3.63, 3.8) is 0 Å². The van der Waals surface area contributed by atoms with E-state index in [9.17, 15) is 9.59 Å². The van der Waals surface area contributed by atoms with Gasteiger partial charge >= 0.3 is 0 Å². The number of aliphatic hydroxyl groups excluding tert-OH is 1. The van der Waals surface area contributed by atoms with Gasteiger partial charge in [-0.05, 0) is 43.1 Å². The number of aliphatic hydroxyl groups is 1. The van der Waals surface area contributed by atoms with Crippen molar-refractivity contribution in [2.75, 3.05) is 26.2 Å². The van der Waals surface area contributed by atoms with Crippen molar-refractivity contribution in [2.24, 2.45) is 0 Å². The summed E-state index contributed by atoms with van der Waals surface area (Å²) in [6.45, 7) is 2.35. The first-order chi connectivity index (χ1) is 14.2. The summed E-state index contributed by atoms with van der Waals surface area (Å²) in [4.78, 5) is 31.9. The summed E-state index contributed by atoms with van der Waals surface area (Å²) in [7, 11) is 0. The summed E-state index contributed by atoms with van der Waals surface area (Å²) in [6, 6.07) is 11.9. The van der Waals surface area contributed by atoms with Gasteiger partial charge in [0.15, 0.2) is 0 Å². The molecule has 1 saturated heterocycles. The Kier molecular flexibility index (Phi) is 7.72. The van der Waals surface area contributed by atoms with Crippen LogP contribution in [0.1, 0.15) is 28.8 Å². The number of benzene rings is 1. The molecule has 7 heteroatoms. The van der Waals surface area contributed by atoms with Gasteiger partial charge < -0.3 is 15.7 Å². The van der Waals surface area contributed by atoms with Crippen LogP contribution < -0.4 is 10.6 Å². The number of aromatic nitrogens is 1. The van der Waals surface area contributed by atoms with Crippen molar-refractivity contribution in [3.05, 3.63) is 66.0 Å². The molecule has 7 nitrogen and oxygen atoms in total. The lowest BCUT2D eigenvalue weighted by Crippen LogP contribution is -2.54. The Morgan fingerprint density at radius 2 is 2.03 bits per heavy atom. The number of carbonyl (C=O) groups excluding carboxylic acids is 2. The highest BCUT2D eigenvalue weighted by atomic mass is 16.3. The van der Waals surface area contributed by atoms with Crippen molar-refractivity contribution in [2.45, 2.75) is 31.3 Å². The smallest absolute Gasteiger partial charge is 0.251 e. The zero-order valence-electron chi connectivity index (χ0n) is 16.5. The monoisotopic (exact) mass is 396 g/mol. The van der Waals surface area contributed by atoms with E-state index in [1.807, 2.05) is 18.2 Å². The zero-order valence-corrected chi connectivity index (χ0v) is 16.5. The van der Waals surface area contributed by atoms with Crippen molar-refractivity contribution in [1.29, 1.82) is 0 Å². The predicted molar refractivity (Wildman–Crippen MR) is 110 cm³/mol. The largest absolute Gasteiger partial charge is 0.395 e. The van der Waals surface area contributed by atoms with Gasteiger partial charge in [-0.1, -0.05) is 24.3 Å². The average molecular weight is 396 g/mol. The highest BCUT2D eigenvalue weighted by Crippen LogP contribution is 2.11. The molecule has 0 radical (unpaired) electrons. The Bertz CT molecular complexity index is 783. The lowest BCUT2D eigenvalue weighted by Gasteiger charge is -2.33. The normalized spacial score (nSPS) is 18.0. The molecule has 0 spiro atoms. The number of β-amino-alcohol motifs (C(OH)–C–C–N with tert-alkyl or cyclic N) is 1. The van der Waals surface area contributed by atoms with E-state index in [2.05, 4.69) is 20.5 Å². The molecule has 1 aromatic carbocycles. The van der Waals surface area contributed by atoms with E-state index in [0.717, 1.165) is 24.9 Å². The van der Waals surface area contributed by atoms with Gasteiger partial charge in [-0.2, -0.15) is 0 Å². The van der Waals surface area contributed by atoms with E-state index in [1.54, 1.807) is 36.7 Å². The van der Waals surface area contributed by atoms with Crippen molar-refractivity contribution >= 4 is 11.8 Å². The molecule has 29 heavy (non-hydrogen) atoms.